The Morgan fingerprint density at radius 2 is 2.08 bits per heavy atom. The number of Topliss-reactive ketones (excluding diaryl/α,β-unsaturated/α-hetero) is 1. The zero-order valence-electron chi connectivity index (χ0n) is 13.2. The molecule has 1 aliphatic heterocycles. The molecule has 2 aromatic heterocycles. The summed E-state index contributed by atoms with van der Waals surface area (Å²) in [7, 11) is 0. The molecule has 0 saturated carbocycles. The SMILES string of the molecule is CCC(=O)C1=C(O)C(=O)N(Cc2ccccn2)C1c1cccnc1. The second-order valence-electron chi connectivity index (χ2n) is 5.48. The fraction of sp³-hybridized carbons (Fsp3) is 0.222. The number of pyridine rings is 2. The number of hydrogen-bond donors (Lipinski definition) is 1. The average molecular weight is 323 g/mol. The van der Waals surface area contributed by atoms with Crippen molar-refractivity contribution in [2.45, 2.75) is 25.9 Å². The summed E-state index contributed by atoms with van der Waals surface area (Å²) in [5, 5.41) is 10.3. The lowest BCUT2D eigenvalue weighted by atomic mass is 9.96. The Morgan fingerprint density at radius 3 is 2.71 bits per heavy atom. The molecule has 0 aliphatic carbocycles. The number of aliphatic hydroxyl groups excluding tert-OH is 1. The summed E-state index contributed by atoms with van der Waals surface area (Å²) in [5.74, 6) is -1.30. The molecule has 2 aromatic rings. The maximum absolute atomic E-state index is 12.5. The van der Waals surface area contributed by atoms with Gasteiger partial charge in [-0.2, -0.15) is 0 Å². The molecule has 1 unspecified atom stereocenters. The molecule has 122 valence electrons. The summed E-state index contributed by atoms with van der Waals surface area (Å²) < 4.78 is 0. The first-order valence-corrected chi connectivity index (χ1v) is 7.70. The molecule has 0 radical (unpaired) electrons. The van der Waals surface area contributed by atoms with Crippen LogP contribution in [0.15, 0.2) is 60.3 Å². The van der Waals surface area contributed by atoms with E-state index in [2.05, 4.69) is 9.97 Å². The van der Waals surface area contributed by atoms with Crippen molar-refractivity contribution >= 4 is 11.7 Å². The van der Waals surface area contributed by atoms with E-state index in [9.17, 15) is 14.7 Å². The Labute approximate surface area is 139 Å². The molecule has 1 amide bonds. The van der Waals surface area contributed by atoms with E-state index in [1.807, 2.05) is 6.07 Å². The van der Waals surface area contributed by atoms with Crippen molar-refractivity contribution in [1.29, 1.82) is 0 Å². The predicted molar refractivity (Wildman–Crippen MR) is 86.7 cm³/mol. The standard InChI is InChI=1S/C18H17N3O3/c1-2-14(22)15-16(12-6-5-8-19-10-12)21(18(24)17(15)23)11-13-7-3-4-9-20-13/h3-10,16,23H,2,11H2,1H3. The fourth-order valence-electron chi connectivity index (χ4n) is 2.84. The maximum atomic E-state index is 12.5. The van der Waals surface area contributed by atoms with Gasteiger partial charge in [0.1, 0.15) is 0 Å². The molecule has 0 bridgehead atoms. The highest BCUT2D eigenvalue weighted by atomic mass is 16.3. The van der Waals surface area contributed by atoms with Crippen LogP contribution in [0, 0.1) is 0 Å². The lowest BCUT2D eigenvalue weighted by molar-refractivity contribution is -0.130. The molecular formula is C18H17N3O3. The Morgan fingerprint density at radius 1 is 1.25 bits per heavy atom. The molecule has 1 atom stereocenters. The van der Waals surface area contributed by atoms with Gasteiger partial charge in [-0.15, -0.1) is 0 Å². The van der Waals surface area contributed by atoms with Crippen molar-refractivity contribution in [2.24, 2.45) is 0 Å². The minimum Gasteiger partial charge on any atom is -0.503 e. The smallest absolute Gasteiger partial charge is 0.290 e. The quantitative estimate of drug-likeness (QED) is 0.913. The highest BCUT2D eigenvalue weighted by molar-refractivity contribution is 6.08. The van der Waals surface area contributed by atoms with Gasteiger partial charge in [0, 0.05) is 25.0 Å². The number of hydrogen-bond acceptors (Lipinski definition) is 5. The summed E-state index contributed by atoms with van der Waals surface area (Å²) in [4.78, 5) is 34.6. The highest BCUT2D eigenvalue weighted by Gasteiger charge is 2.43. The second kappa shape index (κ2) is 6.62. The maximum Gasteiger partial charge on any atom is 0.290 e. The minimum atomic E-state index is -0.652. The normalized spacial score (nSPS) is 17.5. The summed E-state index contributed by atoms with van der Waals surface area (Å²) >= 11 is 0. The summed E-state index contributed by atoms with van der Waals surface area (Å²) in [6.07, 6.45) is 5.07. The van der Waals surface area contributed by atoms with Crippen LogP contribution in [0.4, 0.5) is 0 Å². The van der Waals surface area contributed by atoms with Gasteiger partial charge in [-0.1, -0.05) is 19.1 Å². The van der Waals surface area contributed by atoms with Crippen LogP contribution < -0.4 is 0 Å². The molecule has 6 nitrogen and oxygen atoms in total. The van der Waals surface area contributed by atoms with Crippen molar-refractivity contribution in [3.05, 3.63) is 71.5 Å². The first-order valence-electron chi connectivity index (χ1n) is 7.70. The lowest BCUT2D eigenvalue weighted by Crippen LogP contribution is -2.31. The Kier molecular flexibility index (Phi) is 4.37. The third-order valence-corrected chi connectivity index (χ3v) is 3.98. The Hall–Kier alpha value is -3.02. The summed E-state index contributed by atoms with van der Waals surface area (Å²) in [6.45, 7) is 1.90. The predicted octanol–water partition coefficient (Wildman–Crippen LogP) is 2.35. The van der Waals surface area contributed by atoms with Crippen molar-refractivity contribution < 1.29 is 14.7 Å². The molecule has 6 heteroatoms. The van der Waals surface area contributed by atoms with Crippen LogP contribution in [0.1, 0.15) is 30.6 Å². The number of amides is 1. The van der Waals surface area contributed by atoms with E-state index < -0.39 is 17.7 Å². The van der Waals surface area contributed by atoms with Gasteiger partial charge in [-0.05, 0) is 23.8 Å². The molecule has 0 spiro atoms. The van der Waals surface area contributed by atoms with E-state index >= 15 is 0 Å². The lowest BCUT2D eigenvalue weighted by Gasteiger charge is -2.26. The summed E-state index contributed by atoms with van der Waals surface area (Å²) in [5.41, 5.74) is 1.49. The fourth-order valence-corrected chi connectivity index (χ4v) is 2.84. The monoisotopic (exact) mass is 323 g/mol. The van der Waals surface area contributed by atoms with Gasteiger partial charge in [0.25, 0.3) is 5.91 Å². The highest BCUT2D eigenvalue weighted by Crippen LogP contribution is 2.38. The number of nitrogens with zero attached hydrogens (tertiary/aromatic N) is 3. The minimum absolute atomic E-state index is 0.131. The Balaban J connectivity index is 2.04. The average Bonchev–Trinajstić information content (AvgIpc) is 2.87. The molecule has 0 saturated heterocycles. The van der Waals surface area contributed by atoms with Crippen LogP contribution in [0.3, 0.4) is 0 Å². The topological polar surface area (TPSA) is 83.4 Å². The largest absolute Gasteiger partial charge is 0.503 e. The molecule has 3 rings (SSSR count). The van der Waals surface area contributed by atoms with E-state index in [0.29, 0.717) is 11.3 Å². The van der Waals surface area contributed by atoms with E-state index in [1.54, 1.807) is 49.8 Å². The number of rotatable bonds is 5. The molecular weight excluding hydrogens is 306 g/mol. The molecule has 24 heavy (non-hydrogen) atoms. The number of carbonyl (C=O) groups excluding carboxylic acids is 2. The van der Waals surface area contributed by atoms with E-state index in [4.69, 9.17) is 0 Å². The number of aromatic nitrogens is 2. The van der Waals surface area contributed by atoms with Crippen LogP contribution in [0.25, 0.3) is 0 Å². The first-order chi connectivity index (χ1) is 11.6. The van der Waals surface area contributed by atoms with Crippen molar-refractivity contribution in [3.8, 4) is 0 Å². The first kappa shape index (κ1) is 15.9. The van der Waals surface area contributed by atoms with Crippen LogP contribution in [0.2, 0.25) is 0 Å². The van der Waals surface area contributed by atoms with E-state index in [1.165, 1.54) is 4.90 Å². The van der Waals surface area contributed by atoms with Crippen molar-refractivity contribution in [3.63, 3.8) is 0 Å². The van der Waals surface area contributed by atoms with Gasteiger partial charge in [0.2, 0.25) is 0 Å². The number of aliphatic hydroxyl groups is 1. The van der Waals surface area contributed by atoms with Crippen LogP contribution in [-0.2, 0) is 16.1 Å². The molecule has 0 aromatic carbocycles. The molecule has 3 heterocycles. The third kappa shape index (κ3) is 2.78. The van der Waals surface area contributed by atoms with E-state index in [-0.39, 0.29) is 24.3 Å². The van der Waals surface area contributed by atoms with Crippen LogP contribution >= 0.6 is 0 Å². The zero-order valence-corrected chi connectivity index (χ0v) is 13.2. The van der Waals surface area contributed by atoms with Gasteiger partial charge >= 0.3 is 0 Å². The van der Waals surface area contributed by atoms with Gasteiger partial charge < -0.3 is 10.0 Å². The van der Waals surface area contributed by atoms with Gasteiger partial charge in [-0.3, -0.25) is 19.6 Å². The summed E-state index contributed by atoms with van der Waals surface area (Å²) in [6, 6.07) is 8.29. The van der Waals surface area contributed by atoms with Crippen LogP contribution in [0.5, 0.6) is 0 Å². The molecule has 0 fully saturated rings. The van der Waals surface area contributed by atoms with Gasteiger partial charge in [0.05, 0.1) is 23.9 Å². The second-order valence-corrected chi connectivity index (χ2v) is 5.48. The Bertz CT molecular complexity index is 788. The van der Waals surface area contributed by atoms with Gasteiger partial charge in [-0.25, -0.2) is 0 Å². The van der Waals surface area contributed by atoms with Crippen LogP contribution in [-0.4, -0.2) is 31.7 Å². The number of carbonyl (C=O) groups is 2. The third-order valence-electron chi connectivity index (χ3n) is 3.98. The van der Waals surface area contributed by atoms with E-state index in [0.717, 1.165) is 0 Å². The zero-order chi connectivity index (χ0) is 17.1. The van der Waals surface area contributed by atoms with Gasteiger partial charge in [0.15, 0.2) is 11.5 Å². The molecule has 1 aliphatic rings. The number of ketones is 1. The van der Waals surface area contributed by atoms with Crippen molar-refractivity contribution in [1.82, 2.24) is 14.9 Å². The van der Waals surface area contributed by atoms with Crippen molar-refractivity contribution in [2.75, 3.05) is 0 Å². The molecule has 1 N–H and O–H groups in total.